The van der Waals surface area contributed by atoms with Gasteiger partial charge < -0.3 is 14.6 Å². The summed E-state index contributed by atoms with van der Waals surface area (Å²) in [4.78, 5) is 23.4. The first-order chi connectivity index (χ1) is 14.1. The number of ketones is 1. The van der Waals surface area contributed by atoms with Crippen LogP contribution in [-0.4, -0.2) is 36.7 Å². The Labute approximate surface area is 169 Å². The van der Waals surface area contributed by atoms with Gasteiger partial charge >= 0.3 is 5.97 Å². The van der Waals surface area contributed by atoms with Crippen LogP contribution in [0.5, 0.6) is 5.75 Å². The molecule has 0 bridgehead atoms. The molecule has 3 rings (SSSR count). The second-order valence-electron chi connectivity index (χ2n) is 6.57. The van der Waals surface area contributed by atoms with Gasteiger partial charge in [0.2, 0.25) is 0 Å². The third-order valence-electron chi connectivity index (χ3n) is 4.59. The van der Waals surface area contributed by atoms with Crippen LogP contribution in [0.1, 0.15) is 15.9 Å². The Hall–Kier alpha value is -3.44. The van der Waals surface area contributed by atoms with Gasteiger partial charge in [0.15, 0.2) is 18.5 Å². The lowest BCUT2D eigenvalue weighted by Crippen LogP contribution is -2.24. The van der Waals surface area contributed by atoms with Crippen molar-refractivity contribution < 1.29 is 24.2 Å². The number of carboxylic acids is 1. The fourth-order valence-corrected chi connectivity index (χ4v) is 2.92. The van der Waals surface area contributed by atoms with E-state index < -0.39 is 12.1 Å². The Morgan fingerprint density at radius 2 is 1.48 bits per heavy atom. The van der Waals surface area contributed by atoms with Crippen LogP contribution in [0.25, 0.3) is 11.1 Å². The number of hydrogen-bond donors (Lipinski definition) is 1. The summed E-state index contributed by atoms with van der Waals surface area (Å²) in [5.74, 6) is -0.538. The minimum Gasteiger partial charge on any atom is -0.485 e. The number of ether oxygens (including phenoxy) is 2. The molecule has 0 aromatic heterocycles. The number of rotatable bonds is 9. The van der Waals surface area contributed by atoms with Crippen molar-refractivity contribution in [2.75, 3.05) is 13.7 Å². The van der Waals surface area contributed by atoms with Gasteiger partial charge in [0, 0.05) is 19.1 Å². The maximum Gasteiger partial charge on any atom is 0.333 e. The second kappa shape index (κ2) is 9.66. The lowest BCUT2D eigenvalue weighted by molar-refractivity contribution is -0.148. The van der Waals surface area contributed by atoms with E-state index in [0.717, 1.165) is 16.7 Å². The van der Waals surface area contributed by atoms with Crippen LogP contribution in [0.4, 0.5) is 0 Å². The molecule has 3 aromatic carbocycles. The minimum atomic E-state index is -1.01. The number of carbonyl (C=O) groups is 2. The summed E-state index contributed by atoms with van der Waals surface area (Å²) in [5, 5.41) is 9.04. The highest BCUT2D eigenvalue weighted by atomic mass is 16.5. The molecular weight excluding hydrogens is 368 g/mol. The molecule has 0 aliphatic carbocycles. The van der Waals surface area contributed by atoms with Crippen LogP contribution < -0.4 is 4.74 Å². The first kappa shape index (κ1) is 20.3. The Bertz CT molecular complexity index is 947. The molecule has 1 N–H and O–H groups in total. The fourth-order valence-electron chi connectivity index (χ4n) is 2.92. The van der Waals surface area contributed by atoms with Gasteiger partial charge in [0.25, 0.3) is 0 Å². The Morgan fingerprint density at radius 3 is 2.07 bits per heavy atom. The highest BCUT2D eigenvalue weighted by molar-refractivity contribution is 5.97. The molecule has 0 aliphatic rings. The number of carboxylic acid groups (broad SMARTS) is 1. The molecule has 0 amide bonds. The van der Waals surface area contributed by atoms with E-state index in [1.54, 1.807) is 24.3 Å². The maximum absolute atomic E-state index is 12.4. The van der Waals surface area contributed by atoms with E-state index in [4.69, 9.17) is 14.6 Å². The van der Waals surface area contributed by atoms with Crippen molar-refractivity contribution in [3.05, 3.63) is 90.0 Å². The second-order valence-corrected chi connectivity index (χ2v) is 6.57. The zero-order valence-corrected chi connectivity index (χ0v) is 16.1. The van der Waals surface area contributed by atoms with Gasteiger partial charge in [-0.3, -0.25) is 4.79 Å². The van der Waals surface area contributed by atoms with Crippen molar-refractivity contribution in [1.82, 2.24) is 0 Å². The van der Waals surface area contributed by atoms with Gasteiger partial charge in [-0.15, -0.1) is 0 Å². The van der Waals surface area contributed by atoms with Crippen molar-refractivity contribution in [3.63, 3.8) is 0 Å². The van der Waals surface area contributed by atoms with E-state index in [2.05, 4.69) is 0 Å². The zero-order chi connectivity index (χ0) is 20.6. The molecule has 148 valence electrons. The van der Waals surface area contributed by atoms with Crippen LogP contribution >= 0.6 is 0 Å². The predicted octanol–water partition coefficient (Wildman–Crippen LogP) is 4.26. The molecule has 3 aromatic rings. The smallest absolute Gasteiger partial charge is 0.333 e. The average Bonchev–Trinajstić information content (AvgIpc) is 2.77. The molecule has 0 aliphatic heterocycles. The predicted molar refractivity (Wildman–Crippen MR) is 110 cm³/mol. The summed E-state index contributed by atoms with van der Waals surface area (Å²) < 4.78 is 10.5. The SMILES string of the molecule is COC(Cc1ccc(C(=O)COc2ccc(-c3ccccc3)cc2)cc1)C(=O)O. The Kier molecular flexibility index (Phi) is 6.76. The van der Waals surface area contributed by atoms with Gasteiger partial charge in [0.05, 0.1) is 0 Å². The average molecular weight is 390 g/mol. The topological polar surface area (TPSA) is 72.8 Å². The highest BCUT2D eigenvalue weighted by Crippen LogP contribution is 2.22. The van der Waals surface area contributed by atoms with Crippen molar-refractivity contribution in [2.45, 2.75) is 12.5 Å². The van der Waals surface area contributed by atoms with Crippen LogP contribution in [-0.2, 0) is 16.0 Å². The number of methoxy groups -OCH3 is 1. The molecule has 29 heavy (non-hydrogen) atoms. The highest BCUT2D eigenvalue weighted by Gasteiger charge is 2.17. The van der Waals surface area contributed by atoms with Gasteiger partial charge in [-0.1, -0.05) is 66.7 Å². The molecule has 5 heteroatoms. The van der Waals surface area contributed by atoms with Gasteiger partial charge in [-0.05, 0) is 28.8 Å². The maximum atomic E-state index is 12.4. The first-order valence-corrected chi connectivity index (χ1v) is 9.23. The molecule has 0 heterocycles. The van der Waals surface area contributed by atoms with Crippen molar-refractivity contribution >= 4 is 11.8 Å². The lowest BCUT2D eigenvalue weighted by Gasteiger charge is -2.11. The van der Waals surface area contributed by atoms with Crippen molar-refractivity contribution in [1.29, 1.82) is 0 Å². The van der Waals surface area contributed by atoms with E-state index in [9.17, 15) is 9.59 Å². The first-order valence-electron chi connectivity index (χ1n) is 9.23. The third-order valence-corrected chi connectivity index (χ3v) is 4.59. The lowest BCUT2D eigenvalue weighted by atomic mass is 10.0. The number of benzene rings is 3. The normalized spacial score (nSPS) is 11.6. The fraction of sp³-hybridized carbons (Fsp3) is 0.167. The summed E-state index contributed by atoms with van der Waals surface area (Å²) in [7, 11) is 1.36. The molecular formula is C24H22O5. The molecule has 0 radical (unpaired) electrons. The molecule has 0 fully saturated rings. The molecule has 1 atom stereocenters. The largest absolute Gasteiger partial charge is 0.485 e. The number of carbonyl (C=O) groups excluding carboxylic acids is 1. The third kappa shape index (κ3) is 5.53. The van der Waals surface area contributed by atoms with Crippen LogP contribution in [0.2, 0.25) is 0 Å². The van der Waals surface area contributed by atoms with E-state index in [0.29, 0.717) is 11.3 Å². The quantitative estimate of drug-likeness (QED) is 0.553. The Balaban J connectivity index is 1.56. The molecule has 0 saturated carbocycles. The summed E-state index contributed by atoms with van der Waals surface area (Å²) in [6.45, 7) is -0.0696. The number of aliphatic carboxylic acids is 1. The number of hydrogen-bond acceptors (Lipinski definition) is 4. The standard InChI is InChI=1S/C24H22O5/c1-28-23(24(26)27)15-17-7-9-20(10-8-17)22(25)16-29-21-13-11-19(12-14-21)18-5-3-2-4-6-18/h2-14,23H,15-16H2,1H3,(H,26,27). The zero-order valence-electron chi connectivity index (χ0n) is 16.1. The summed E-state index contributed by atoms with van der Waals surface area (Å²) in [5.41, 5.74) is 3.50. The van der Waals surface area contributed by atoms with Gasteiger partial charge in [-0.25, -0.2) is 4.79 Å². The summed E-state index contributed by atoms with van der Waals surface area (Å²) >= 11 is 0. The Morgan fingerprint density at radius 1 is 0.862 bits per heavy atom. The van der Waals surface area contributed by atoms with Crippen LogP contribution in [0.3, 0.4) is 0 Å². The summed E-state index contributed by atoms with van der Waals surface area (Å²) in [6, 6.07) is 24.4. The monoisotopic (exact) mass is 390 g/mol. The minimum absolute atomic E-state index is 0.0696. The molecule has 0 spiro atoms. The van der Waals surface area contributed by atoms with E-state index in [1.807, 2.05) is 54.6 Å². The molecule has 0 saturated heterocycles. The van der Waals surface area contributed by atoms with Gasteiger partial charge in [-0.2, -0.15) is 0 Å². The summed E-state index contributed by atoms with van der Waals surface area (Å²) in [6.07, 6.45) is -0.663. The van der Waals surface area contributed by atoms with Gasteiger partial charge in [0.1, 0.15) is 5.75 Å². The molecule has 1 unspecified atom stereocenters. The van der Waals surface area contributed by atoms with Crippen molar-refractivity contribution in [2.24, 2.45) is 0 Å². The molecule has 5 nitrogen and oxygen atoms in total. The van der Waals surface area contributed by atoms with E-state index in [1.165, 1.54) is 7.11 Å². The van der Waals surface area contributed by atoms with Crippen molar-refractivity contribution in [3.8, 4) is 16.9 Å². The van der Waals surface area contributed by atoms with Crippen LogP contribution in [0, 0.1) is 0 Å². The number of Topliss-reactive ketones (excluding diaryl/α,β-unsaturated/α-hetero) is 1. The van der Waals surface area contributed by atoms with Crippen LogP contribution in [0.15, 0.2) is 78.9 Å². The van der Waals surface area contributed by atoms with E-state index >= 15 is 0 Å². The van der Waals surface area contributed by atoms with E-state index in [-0.39, 0.29) is 18.8 Å².